The van der Waals surface area contributed by atoms with Crippen LogP contribution in [0, 0.1) is 12.7 Å². The van der Waals surface area contributed by atoms with Crippen molar-refractivity contribution in [1.82, 2.24) is 4.57 Å². The summed E-state index contributed by atoms with van der Waals surface area (Å²) >= 11 is 0. The van der Waals surface area contributed by atoms with E-state index in [4.69, 9.17) is 9.47 Å². The van der Waals surface area contributed by atoms with Crippen molar-refractivity contribution < 1.29 is 18.7 Å². The smallest absolute Gasteiger partial charge is 0.244 e. The number of aryl methyl sites for hydroxylation is 1. The van der Waals surface area contributed by atoms with Crippen molar-refractivity contribution in [3.63, 3.8) is 0 Å². The number of benzene rings is 2. The minimum absolute atomic E-state index is 0.107. The third-order valence-electron chi connectivity index (χ3n) is 4.27. The molecule has 27 heavy (non-hydrogen) atoms. The van der Waals surface area contributed by atoms with E-state index in [0.29, 0.717) is 22.9 Å². The summed E-state index contributed by atoms with van der Waals surface area (Å²) in [6.45, 7) is 1.50. The highest BCUT2D eigenvalue weighted by molar-refractivity contribution is 5.93. The number of para-hydroxylation sites is 1. The van der Waals surface area contributed by atoms with Gasteiger partial charge in [0, 0.05) is 23.2 Å². The van der Waals surface area contributed by atoms with Crippen LogP contribution < -0.4 is 20.2 Å². The number of halogens is 1. The Morgan fingerprint density at radius 1 is 1.15 bits per heavy atom. The molecule has 1 aromatic heterocycles. The maximum Gasteiger partial charge on any atom is 0.244 e. The fourth-order valence-electron chi connectivity index (χ4n) is 2.96. The van der Waals surface area contributed by atoms with Crippen molar-refractivity contribution in [3.8, 4) is 11.5 Å². The van der Waals surface area contributed by atoms with E-state index in [1.165, 1.54) is 37.0 Å². The van der Waals surface area contributed by atoms with Gasteiger partial charge in [-0.05, 0) is 31.2 Å². The number of methoxy groups -OCH3 is 2. The van der Waals surface area contributed by atoms with Crippen LogP contribution in [0.15, 0.2) is 47.3 Å². The molecule has 0 aliphatic rings. The number of carbonyl (C=O) groups excluding carboxylic acids is 1. The number of anilines is 1. The maximum atomic E-state index is 14.4. The molecule has 0 aliphatic heterocycles. The van der Waals surface area contributed by atoms with Crippen LogP contribution in [-0.4, -0.2) is 24.7 Å². The molecule has 0 radical (unpaired) electrons. The summed E-state index contributed by atoms with van der Waals surface area (Å²) in [7, 11) is 3.01. The highest BCUT2D eigenvalue weighted by Gasteiger charge is 2.15. The predicted molar refractivity (Wildman–Crippen MR) is 101 cm³/mol. The molecule has 140 valence electrons. The predicted octanol–water partition coefficient (Wildman–Crippen LogP) is 3.10. The van der Waals surface area contributed by atoms with Gasteiger partial charge in [0.05, 0.1) is 25.4 Å². The number of pyridine rings is 1. The van der Waals surface area contributed by atoms with E-state index < -0.39 is 11.7 Å². The lowest BCUT2D eigenvalue weighted by Crippen LogP contribution is -2.23. The van der Waals surface area contributed by atoms with Gasteiger partial charge < -0.3 is 19.4 Å². The van der Waals surface area contributed by atoms with E-state index in [9.17, 15) is 14.0 Å². The number of hydrogen-bond acceptors (Lipinski definition) is 4. The third-order valence-corrected chi connectivity index (χ3v) is 4.27. The van der Waals surface area contributed by atoms with Gasteiger partial charge in [-0.3, -0.25) is 9.59 Å². The lowest BCUT2D eigenvalue weighted by Gasteiger charge is -2.16. The second-order valence-electron chi connectivity index (χ2n) is 5.99. The average molecular weight is 370 g/mol. The molecule has 0 unspecified atom stereocenters. The minimum atomic E-state index is -0.555. The molecule has 0 aliphatic carbocycles. The van der Waals surface area contributed by atoms with Crippen LogP contribution in [0.5, 0.6) is 11.5 Å². The topological polar surface area (TPSA) is 69.6 Å². The Balaban J connectivity index is 1.97. The molecule has 0 fully saturated rings. The molecule has 0 atom stereocenters. The number of hydrogen-bond donors (Lipinski definition) is 1. The van der Waals surface area contributed by atoms with Gasteiger partial charge in [-0.1, -0.05) is 6.07 Å². The van der Waals surface area contributed by atoms with Crippen molar-refractivity contribution >= 4 is 22.5 Å². The molecular formula is C20H19FN2O4. The van der Waals surface area contributed by atoms with E-state index in [1.54, 1.807) is 31.2 Å². The largest absolute Gasteiger partial charge is 0.497 e. The molecule has 0 spiro atoms. The molecule has 1 amide bonds. The molecule has 6 nitrogen and oxygen atoms in total. The quantitative estimate of drug-likeness (QED) is 0.749. The summed E-state index contributed by atoms with van der Waals surface area (Å²) in [5.74, 6) is 0.0804. The van der Waals surface area contributed by atoms with Crippen LogP contribution in [0.4, 0.5) is 10.1 Å². The van der Waals surface area contributed by atoms with E-state index in [0.717, 1.165) is 0 Å². The second kappa shape index (κ2) is 7.49. The molecule has 2 aromatic carbocycles. The van der Waals surface area contributed by atoms with E-state index in [-0.39, 0.29) is 22.9 Å². The van der Waals surface area contributed by atoms with Crippen molar-refractivity contribution in [2.24, 2.45) is 0 Å². The van der Waals surface area contributed by atoms with Crippen LogP contribution in [-0.2, 0) is 11.3 Å². The SMILES string of the molecule is COc1ccc(OC)c(NC(=O)Cn2c(C)cc(=O)c3cccc(F)c32)c1. The van der Waals surface area contributed by atoms with Gasteiger partial charge in [0.1, 0.15) is 23.9 Å². The van der Waals surface area contributed by atoms with E-state index in [2.05, 4.69) is 5.32 Å². The number of amides is 1. The number of nitrogens with zero attached hydrogens (tertiary/aromatic N) is 1. The number of fused-ring (bicyclic) bond motifs is 1. The van der Waals surface area contributed by atoms with Crippen molar-refractivity contribution in [1.29, 1.82) is 0 Å². The minimum Gasteiger partial charge on any atom is -0.497 e. The Morgan fingerprint density at radius 2 is 1.93 bits per heavy atom. The summed E-state index contributed by atoms with van der Waals surface area (Å²) in [5, 5.41) is 2.97. The Hall–Kier alpha value is -3.35. The maximum absolute atomic E-state index is 14.4. The van der Waals surface area contributed by atoms with Crippen molar-refractivity contribution in [2.75, 3.05) is 19.5 Å². The lowest BCUT2D eigenvalue weighted by atomic mass is 10.1. The number of rotatable bonds is 5. The van der Waals surface area contributed by atoms with Crippen LogP contribution >= 0.6 is 0 Å². The summed E-state index contributed by atoms with van der Waals surface area (Å²) in [6, 6.07) is 10.7. The molecule has 0 bridgehead atoms. The van der Waals surface area contributed by atoms with Crippen molar-refractivity contribution in [2.45, 2.75) is 13.5 Å². The fraction of sp³-hybridized carbons (Fsp3) is 0.200. The fourth-order valence-corrected chi connectivity index (χ4v) is 2.96. The first kappa shape index (κ1) is 18.4. The van der Waals surface area contributed by atoms with Gasteiger partial charge in [0.15, 0.2) is 5.43 Å². The van der Waals surface area contributed by atoms with E-state index >= 15 is 0 Å². The average Bonchev–Trinajstić information content (AvgIpc) is 2.65. The first-order valence-corrected chi connectivity index (χ1v) is 8.25. The first-order valence-electron chi connectivity index (χ1n) is 8.25. The number of carbonyl (C=O) groups is 1. The van der Waals surface area contributed by atoms with Gasteiger partial charge >= 0.3 is 0 Å². The molecule has 3 rings (SSSR count). The Labute approximate surface area is 155 Å². The van der Waals surface area contributed by atoms with Gasteiger partial charge in [-0.25, -0.2) is 4.39 Å². The van der Waals surface area contributed by atoms with Crippen molar-refractivity contribution in [3.05, 3.63) is 64.2 Å². The van der Waals surface area contributed by atoms with Gasteiger partial charge in [0.25, 0.3) is 0 Å². The molecule has 1 heterocycles. The Bertz CT molecular complexity index is 1080. The summed E-state index contributed by atoms with van der Waals surface area (Å²) in [4.78, 5) is 24.7. The molecule has 1 N–H and O–H groups in total. The molecule has 7 heteroatoms. The first-order chi connectivity index (χ1) is 12.9. The summed E-state index contributed by atoms with van der Waals surface area (Å²) in [5.41, 5.74) is 0.749. The normalized spacial score (nSPS) is 10.7. The lowest BCUT2D eigenvalue weighted by molar-refractivity contribution is -0.116. The second-order valence-corrected chi connectivity index (χ2v) is 5.99. The van der Waals surface area contributed by atoms with Crippen LogP contribution in [0.1, 0.15) is 5.69 Å². The Morgan fingerprint density at radius 3 is 2.63 bits per heavy atom. The van der Waals surface area contributed by atoms with Gasteiger partial charge in [-0.15, -0.1) is 0 Å². The zero-order valence-electron chi connectivity index (χ0n) is 15.2. The van der Waals surface area contributed by atoms with Crippen LogP contribution in [0.2, 0.25) is 0 Å². The zero-order valence-corrected chi connectivity index (χ0v) is 15.2. The van der Waals surface area contributed by atoms with Gasteiger partial charge in [-0.2, -0.15) is 0 Å². The molecule has 0 saturated carbocycles. The Kier molecular flexibility index (Phi) is 5.12. The molecule has 3 aromatic rings. The number of ether oxygens (including phenoxy) is 2. The molecular weight excluding hydrogens is 351 g/mol. The summed E-state index contributed by atoms with van der Waals surface area (Å²) in [6.07, 6.45) is 0. The monoisotopic (exact) mass is 370 g/mol. The molecule has 0 saturated heterocycles. The van der Waals surface area contributed by atoms with Crippen LogP contribution in [0.25, 0.3) is 10.9 Å². The number of nitrogens with one attached hydrogen (secondary N) is 1. The standard InChI is InChI=1S/C20H19FN2O4/c1-12-9-17(24)14-5-4-6-15(21)20(14)23(12)11-19(25)22-16-10-13(26-2)7-8-18(16)27-3/h4-10H,11H2,1-3H3,(H,22,25). The van der Waals surface area contributed by atoms with E-state index in [1.807, 2.05) is 0 Å². The zero-order chi connectivity index (χ0) is 19.6. The highest BCUT2D eigenvalue weighted by Crippen LogP contribution is 2.29. The summed E-state index contributed by atoms with van der Waals surface area (Å²) < 4.78 is 26.3. The number of aromatic nitrogens is 1. The third kappa shape index (κ3) is 3.62. The van der Waals surface area contributed by atoms with Gasteiger partial charge in [0.2, 0.25) is 5.91 Å². The van der Waals surface area contributed by atoms with Crippen LogP contribution in [0.3, 0.4) is 0 Å². The highest BCUT2D eigenvalue weighted by atomic mass is 19.1.